The maximum atomic E-state index is 5.58. The maximum Gasteiger partial charge on any atom is 0.0594 e. The van der Waals surface area contributed by atoms with E-state index in [4.69, 9.17) is 4.74 Å². The molecule has 2 heteroatoms. The van der Waals surface area contributed by atoms with Gasteiger partial charge in [0.1, 0.15) is 0 Å². The number of hydrogen-bond donors (Lipinski definition) is 0. The molecule has 3 aliphatic rings. The molecule has 1 aliphatic heterocycles. The molecule has 0 amide bonds. The van der Waals surface area contributed by atoms with Crippen molar-refractivity contribution in [1.82, 2.24) is 4.90 Å². The first-order valence-corrected chi connectivity index (χ1v) is 8.77. The Morgan fingerprint density at radius 3 is 1.63 bits per heavy atom. The molecule has 0 aromatic rings. The summed E-state index contributed by atoms with van der Waals surface area (Å²) in [4.78, 5) is 2.81. The predicted molar refractivity (Wildman–Crippen MR) is 79.3 cm³/mol. The summed E-state index contributed by atoms with van der Waals surface area (Å²) in [6.45, 7) is 4.32. The smallest absolute Gasteiger partial charge is 0.0594 e. The lowest BCUT2D eigenvalue weighted by molar-refractivity contribution is -0.0261. The number of hydrogen-bond acceptors (Lipinski definition) is 2. The summed E-state index contributed by atoms with van der Waals surface area (Å²) in [6.07, 6.45) is 14.9. The van der Waals surface area contributed by atoms with Crippen molar-refractivity contribution in [3.63, 3.8) is 0 Å². The topological polar surface area (TPSA) is 12.5 Å². The van der Waals surface area contributed by atoms with E-state index in [0.29, 0.717) is 0 Å². The molecule has 0 aromatic heterocycles. The number of nitrogens with zero attached hydrogens (tertiary/aromatic N) is 1. The van der Waals surface area contributed by atoms with Crippen molar-refractivity contribution in [2.24, 2.45) is 11.8 Å². The molecule has 0 unspecified atom stereocenters. The first kappa shape index (κ1) is 13.9. The van der Waals surface area contributed by atoms with Crippen LogP contribution < -0.4 is 0 Å². The van der Waals surface area contributed by atoms with E-state index in [1.165, 1.54) is 77.3 Å². The summed E-state index contributed by atoms with van der Waals surface area (Å²) in [5.41, 5.74) is 0. The molecule has 2 nitrogen and oxygen atoms in total. The fraction of sp³-hybridized carbons (Fsp3) is 1.00. The SMILES string of the molecule is C1CCC(C(C2CCCCC2)N2CCOCC2)CC1. The van der Waals surface area contributed by atoms with E-state index in [1.807, 2.05) is 0 Å². The van der Waals surface area contributed by atoms with Gasteiger partial charge >= 0.3 is 0 Å². The second-order valence-corrected chi connectivity index (χ2v) is 6.94. The second kappa shape index (κ2) is 7.08. The average molecular weight is 265 g/mol. The van der Waals surface area contributed by atoms with Crippen LogP contribution >= 0.6 is 0 Å². The molecule has 0 spiro atoms. The summed E-state index contributed by atoms with van der Waals surface area (Å²) < 4.78 is 5.58. The average Bonchev–Trinajstić information content (AvgIpc) is 2.51. The third kappa shape index (κ3) is 3.52. The van der Waals surface area contributed by atoms with Crippen LogP contribution in [0.3, 0.4) is 0 Å². The zero-order valence-corrected chi connectivity index (χ0v) is 12.5. The van der Waals surface area contributed by atoms with Crippen LogP contribution in [0.4, 0.5) is 0 Å². The maximum absolute atomic E-state index is 5.58. The van der Waals surface area contributed by atoms with Crippen molar-refractivity contribution in [2.75, 3.05) is 26.3 Å². The molecule has 2 aliphatic carbocycles. The molecule has 110 valence electrons. The minimum atomic E-state index is 0.893. The van der Waals surface area contributed by atoms with Crippen LogP contribution in [0.15, 0.2) is 0 Å². The van der Waals surface area contributed by atoms with E-state index >= 15 is 0 Å². The van der Waals surface area contributed by atoms with Gasteiger partial charge in [0.2, 0.25) is 0 Å². The molecule has 0 bridgehead atoms. The fourth-order valence-corrected chi connectivity index (χ4v) is 4.81. The molecule has 3 rings (SSSR count). The zero-order valence-electron chi connectivity index (χ0n) is 12.5. The van der Waals surface area contributed by atoms with Gasteiger partial charge in [-0.3, -0.25) is 4.90 Å². The quantitative estimate of drug-likeness (QED) is 0.768. The zero-order chi connectivity index (χ0) is 12.9. The van der Waals surface area contributed by atoms with Crippen LogP contribution in [-0.2, 0) is 4.74 Å². The summed E-state index contributed by atoms with van der Waals surface area (Å²) in [5, 5.41) is 0. The summed E-state index contributed by atoms with van der Waals surface area (Å²) >= 11 is 0. The lowest BCUT2D eigenvalue weighted by atomic mass is 9.73. The predicted octanol–water partition coefficient (Wildman–Crippen LogP) is 3.85. The Labute approximate surface area is 118 Å². The van der Waals surface area contributed by atoms with E-state index in [9.17, 15) is 0 Å². The van der Waals surface area contributed by atoms with Gasteiger partial charge in [0.05, 0.1) is 13.2 Å². The van der Waals surface area contributed by atoms with Crippen molar-refractivity contribution in [3.05, 3.63) is 0 Å². The number of morpholine rings is 1. The van der Waals surface area contributed by atoms with Gasteiger partial charge in [-0.05, 0) is 37.5 Å². The Bertz CT molecular complexity index is 207. The number of rotatable bonds is 3. The highest BCUT2D eigenvalue weighted by Crippen LogP contribution is 2.38. The van der Waals surface area contributed by atoms with Gasteiger partial charge in [-0.15, -0.1) is 0 Å². The molecular formula is C17H31NO. The molecule has 3 fully saturated rings. The van der Waals surface area contributed by atoms with Gasteiger partial charge in [0, 0.05) is 19.1 Å². The standard InChI is InChI=1S/C17H31NO/c1-3-7-15(8-4-1)17(16-9-5-2-6-10-16)18-11-13-19-14-12-18/h15-17H,1-14H2. The van der Waals surface area contributed by atoms with E-state index in [0.717, 1.165) is 31.1 Å². The third-order valence-corrected chi connectivity index (χ3v) is 5.73. The Morgan fingerprint density at radius 2 is 1.16 bits per heavy atom. The van der Waals surface area contributed by atoms with Crippen LogP contribution in [0, 0.1) is 11.8 Å². The molecular weight excluding hydrogens is 234 g/mol. The molecule has 1 saturated heterocycles. The van der Waals surface area contributed by atoms with Crippen LogP contribution in [0.25, 0.3) is 0 Å². The van der Waals surface area contributed by atoms with E-state index in [-0.39, 0.29) is 0 Å². The van der Waals surface area contributed by atoms with Crippen LogP contribution in [0.1, 0.15) is 64.2 Å². The van der Waals surface area contributed by atoms with Crippen molar-refractivity contribution >= 4 is 0 Å². The van der Waals surface area contributed by atoms with Gasteiger partial charge in [-0.1, -0.05) is 38.5 Å². The van der Waals surface area contributed by atoms with Crippen LogP contribution in [-0.4, -0.2) is 37.2 Å². The number of ether oxygens (including phenoxy) is 1. The Kier molecular flexibility index (Phi) is 5.17. The second-order valence-electron chi connectivity index (χ2n) is 6.94. The monoisotopic (exact) mass is 265 g/mol. The van der Waals surface area contributed by atoms with Crippen LogP contribution in [0.5, 0.6) is 0 Å². The molecule has 0 radical (unpaired) electrons. The molecule has 2 saturated carbocycles. The Morgan fingerprint density at radius 1 is 0.684 bits per heavy atom. The highest BCUT2D eigenvalue weighted by atomic mass is 16.5. The van der Waals surface area contributed by atoms with Gasteiger partial charge in [-0.2, -0.15) is 0 Å². The minimum Gasteiger partial charge on any atom is -0.379 e. The van der Waals surface area contributed by atoms with Crippen molar-refractivity contribution in [2.45, 2.75) is 70.3 Å². The molecule has 1 heterocycles. The highest BCUT2D eigenvalue weighted by molar-refractivity contribution is 4.89. The van der Waals surface area contributed by atoms with Gasteiger partial charge in [0.15, 0.2) is 0 Å². The van der Waals surface area contributed by atoms with Gasteiger partial charge < -0.3 is 4.74 Å². The fourth-order valence-electron chi connectivity index (χ4n) is 4.81. The van der Waals surface area contributed by atoms with Crippen molar-refractivity contribution in [3.8, 4) is 0 Å². The summed E-state index contributed by atoms with van der Waals surface area (Å²) in [5.74, 6) is 1.99. The summed E-state index contributed by atoms with van der Waals surface area (Å²) in [6, 6.07) is 0.893. The van der Waals surface area contributed by atoms with E-state index in [2.05, 4.69) is 4.90 Å². The molecule has 0 aromatic carbocycles. The first-order valence-electron chi connectivity index (χ1n) is 8.77. The molecule has 19 heavy (non-hydrogen) atoms. The normalized spacial score (nSPS) is 28.9. The largest absolute Gasteiger partial charge is 0.379 e. The lowest BCUT2D eigenvalue weighted by Crippen LogP contribution is -2.51. The van der Waals surface area contributed by atoms with Gasteiger partial charge in [0.25, 0.3) is 0 Å². The molecule has 0 N–H and O–H groups in total. The molecule has 0 atom stereocenters. The Balaban J connectivity index is 1.68. The van der Waals surface area contributed by atoms with Gasteiger partial charge in [-0.25, -0.2) is 0 Å². The Hall–Kier alpha value is -0.0800. The summed E-state index contributed by atoms with van der Waals surface area (Å²) in [7, 11) is 0. The first-order chi connectivity index (χ1) is 9.45. The van der Waals surface area contributed by atoms with E-state index < -0.39 is 0 Å². The van der Waals surface area contributed by atoms with Crippen molar-refractivity contribution in [1.29, 1.82) is 0 Å². The third-order valence-electron chi connectivity index (χ3n) is 5.73. The highest BCUT2D eigenvalue weighted by Gasteiger charge is 2.35. The van der Waals surface area contributed by atoms with Crippen molar-refractivity contribution < 1.29 is 4.74 Å². The lowest BCUT2D eigenvalue weighted by Gasteiger charge is -2.45. The van der Waals surface area contributed by atoms with Crippen LogP contribution in [0.2, 0.25) is 0 Å². The minimum absolute atomic E-state index is 0.893. The van der Waals surface area contributed by atoms with E-state index in [1.54, 1.807) is 0 Å².